The fraction of sp³-hybridized carbons (Fsp3) is 0.435. The van der Waals surface area contributed by atoms with E-state index in [0.29, 0.717) is 0 Å². The minimum atomic E-state index is -0.125. The van der Waals surface area contributed by atoms with Crippen LogP contribution in [-0.2, 0) is 11.8 Å². The lowest BCUT2D eigenvalue weighted by Gasteiger charge is -2.27. The summed E-state index contributed by atoms with van der Waals surface area (Å²) in [6.07, 6.45) is 0.851. The Bertz CT molecular complexity index is 819. The molecule has 6 nitrogen and oxygen atoms in total. The standard InChI is InChI=1S/C23H33N3O3/c1-23(2,18-11-12-20(28-5)21(15-18)29-6)16-26-22(24-3)25-14-13-17-9-7-8-10-19(17)27-4/h7-12,15H,13-14,16H2,1-6H3,(H2,24,25,26). The maximum atomic E-state index is 5.44. The molecule has 0 amide bonds. The van der Waals surface area contributed by atoms with Crippen molar-refractivity contribution in [3.8, 4) is 17.2 Å². The molecule has 0 radical (unpaired) electrons. The number of nitrogens with one attached hydrogen (secondary N) is 2. The predicted octanol–water partition coefficient (Wildman–Crippen LogP) is 3.40. The smallest absolute Gasteiger partial charge is 0.191 e. The van der Waals surface area contributed by atoms with Crippen LogP contribution in [0.1, 0.15) is 25.0 Å². The largest absolute Gasteiger partial charge is 0.496 e. The van der Waals surface area contributed by atoms with Crippen LogP contribution in [0.2, 0.25) is 0 Å². The fourth-order valence-corrected chi connectivity index (χ4v) is 3.11. The molecule has 0 aliphatic carbocycles. The van der Waals surface area contributed by atoms with Crippen molar-refractivity contribution in [2.24, 2.45) is 4.99 Å². The highest BCUT2D eigenvalue weighted by molar-refractivity contribution is 5.79. The van der Waals surface area contributed by atoms with Crippen molar-refractivity contribution >= 4 is 5.96 Å². The molecule has 158 valence electrons. The molecule has 6 heteroatoms. The van der Waals surface area contributed by atoms with Gasteiger partial charge >= 0.3 is 0 Å². The Hall–Kier alpha value is -2.89. The Morgan fingerprint density at radius 2 is 1.59 bits per heavy atom. The average molecular weight is 400 g/mol. The molecule has 29 heavy (non-hydrogen) atoms. The summed E-state index contributed by atoms with van der Waals surface area (Å²) in [5.41, 5.74) is 2.20. The number of guanidine groups is 1. The lowest BCUT2D eigenvalue weighted by Crippen LogP contribution is -2.44. The van der Waals surface area contributed by atoms with E-state index in [9.17, 15) is 0 Å². The second kappa shape index (κ2) is 10.6. The topological polar surface area (TPSA) is 64.1 Å². The van der Waals surface area contributed by atoms with Crippen LogP contribution in [-0.4, -0.2) is 47.4 Å². The number of benzene rings is 2. The molecule has 0 aromatic heterocycles. The fourth-order valence-electron chi connectivity index (χ4n) is 3.11. The predicted molar refractivity (Wildman–Crippen MR) is 119 cm³/mol. The van der Waals surface area contributed by atoms with Crippen LogP contribution in [0.4, 0.5) is 0 Å². The highest BCUT2D eigenvalue weighted by atomic mass is 16.5. The molecule has 0 aliphatic heterocycles. The molecule has 0 aliphatic rings. The molecule has 2 rings (SSSR count). The van der Waals surface area contributed by atoms with Gasteiger partial charge in [-0.1, -0.05) is 38.1 Å². The van der Waals surface area contributed by atoms with Gasteiger partial charge in [0.15, 0.2) is 17.5 Å². The molecular formula is C23H33N3O3. The van der Waals surface area contributed by atoms with Gasteiger partial charge in [-0.25, -0.2) is 0 Å². The van der Waals surface area contributed by atoms with E-state index in [-0.39, 0.29) is 5.41 Å². The lowest BCUT2D eigenvalue weighted by atomic mass is 9.84. The van der Waals surface area contributed by atoms with Crippen LogP contribution >= 0.6 is 0 Å². The molecule has 0 bridgehead atoms. The van der Waals surface area contributed by atoms with Crippen LogP contribution in [0, 0.1) is 0 Å². The third-order valence-electron chi connectivity index (χ3n) is 4.97. The number of ether oxygens (including phenoxy) is 3. The van der Waals surface area contributed by atoms with Crippen molar-refractivity contribution in [1.29, 1.82) is 0 Å². The van der Waals surface area contributed by atoms with Crippen molar-refractivity contribution in [2.75, 3.05) is 41.5 Å². The van der Waals surface area contributed by atoms with Gasteiger partial charge in [0, 0.05) is 25.6 Å². The second-order valence-electron chi connectivity index (χ2n) is 7.37. The van der Waals surface area contributed by atoms with E-state index in [0.717, 1.165) is 48.3 Å². The minimum absolute atomic E-state index is 0.125. The summed E-state index contributed by atoms with van der Waals surface area (Å²) in [6.45, 7) is 5.85. The van der Waals surface area contributed by atoms with Crippen molar-refractivity contribution in [3.63, 3.8) is 0 Å². The van der Waals surface area contributed by atoms with Crippen molar-refractivity contribution in [3.05, 3.63) is 53.6 Å². The molecule has 0 fully saturated rings. The quantitative estimate of drug-likeness (QED) is 0.500. The van der Waals surface area contributed by atoms with E-state index < -0.39 is 0 Å². The number of hydrogen-bond donors (Lipinski definition) is 2. The van der Waals surface area contributed by atoms with E-state index in [1.165, 1.54) is 5.56 Å². The van der Waals surface area contributed by atoms with Gasteiger partial charge in [0.2, 0.25) is 0 Å². The summed E-state index contributed by atoms with van der Waals surface area (Å²) in [6, 6.07) is 14.1. The van der Waals surface area contributed by atoms with Gasteiger partial charge < -0.3 is 24.8 Å². The van der Waals surface area contributed by atoms with E-state index in [4.69, 9.17) is 14.2 Å². The first-order chi connectivity index (χ1) is 13.9. The van der Waals surface area contributed by atoms with Crippen LogP contribution in [0.25, 0.3) is 0 Å². The minimum Gasteiger partial charge on any atom is -0.496 e. The number of hydrogen-bond acceptors (Lipinski definition) is 4. The van der Waals surface area contributed by atoms with Crippen molar-refractivity contribution in [1.82, 2.24) is 10.6 Å². The maximum Gasteiger partial charge on any atom is 0.191 e. The summed E-state index contributed by atoms with van der Waals surface area (Å²) in [5, 5.41) is 6.80. The van der Waals surface area contributed by atoms with Gasteiger partial charge in [-0.15, -0.1) is 0 Å². The zero-order valence-corrected chi connectivity index (χ0v) is 18.3. The van der Waals surface area contributed by atoms with Crippen LogP contribution in [0.3, 0.4) is 0 Å². The van der Waals surface area contributed by atoms with Gasteiger partial charge in [0.25, 0.3) is 0 Å². The first-order valence-electron chi connectivity index (χ1n) is 9.74. The summed E-state index contributed by atoms with van der Waals surface area (Å²) >= 11 is 0. The zero-order chi connectivity index (χ0) is 21.3. The molecular weight excluding hydrogens is 366 g/mol. The molecule has 0 saturated heterocycles. The van der Waals surface area contributed by atoms with Gasteiger partial charge in [-0.3, -0.25) is 4.99 Å². The van der Waals surface area contributed by atoms with E-state index >= 15 is 0 Å². The highest BCUT2D eigenvalue weighted by Gasteiger charge is 2.22. The number of methoxy groups -OCH3 is 3. The van der Waals surface area contributed by atoms with Crippen LogP contribution < -0.4 is 24.8 Å². The number of para-hydroxylation sites is 1. The average Bonchev–Trinajstić information content (AvgIpc) is 2.75. The molecule has 0 atom stereocenters. The second-order valence-corrected chi connectivity index (χ2v) is 7.37. The molecule has 0 heterocycles. The normalized spacial score (nSPS) is 11.7. The summed E-state index contributed by atoms with van der Waals surface area (Å²) < 4.78 is 16.2. The Kier molecular flexibility index (Phi) is 8.19. The number of rotatable bonds is 9. The SMILES string of the molecule is CN=C(NCCc1ccccc1OC)NCC(C)(C)c1ccc(OC)c(OC)c1. The molecule has 0 spiro atoms. The zero-order valence-electron chi connectivity index (χ0n) is 18.3. The number of nitrogens with zero attached hydrogens (tertiary/aromatic N) is 1. The third kappa shape index (κ3) is 6.04. The van der Waals surface area contributed by atoms with Gasteiger partial charge in [0.05, 0.1) is 21.3 Å². The van der Waals surface area contributed by atoms with Crippen molar-refractivity contribution in [2.45, 2.75) is 25.7 Å². The van der Waals surface area contributed by atoms with Gasteiger partial charge in [0.1, 0.15) is 5.75 Å². The highest BCUT2D eigenvalue weighted by Crippen LogP contribution is 2.32. The molecule has 2 aromatic carbocycles. The van der Waals surface area contributed by atoms with E-state index in [1.54, 1.807) is 28.4 Å². The summed E-state index contributed by atoms with van der Waals surface area (Å²) in [4.78, 5) is 4.34. The third-order valence-corrected chi connectivity index (χ3v) is 4.97. The van der Waals surface area contributed by atoms with Crippen LogP contribution in [0.15, 0.2) is 47.5 Å². The molecule has 0 unspecified atom stereocenters. The Morgan fingerprint density at radius 1 is 0.897 bits per heavy atom. The summed E-state index contributed by atoms with van der Waals surface area (Å²) in [7, 11) is 6.77. The summed E-state index contributed by atoms with van der Waals surface area (Å²) in [5.74, 6) is 3.14. The van der Waals surface area contributed by atoms with E-state index in [1.807, 2.05) is 30.3 Å². The first kappa shape index (κ1) is 22.4. The molecule has 2 N–H and O–H groups in total. The van der Waals surface area contributed by atoms with E-state index in [2.05, 4.69) is 41.6 Å². The Labute approximate surface area is 174 Å². The van der Waals surface area contributed by atoms with Gasteiger partial charge in [-0.05, 0) is 35.7 Å². The van der Waals surface area contributed by atoms with Crippen molar-refractivity contribution < 1.29 is 14.2 Å². The monoisotopic (exact) mass is 399 g/mol. The Morgan fingerprint density at radius 3 is 2.24 bits per heavy atom. The maximum absolute atomic E-state index is 5.44. The van der Waals surface area contributed by atoms with Crippen LogP contribution in [0.5, 0.6) is 17.2 Å². The lowest BCUT2D eigenvalue weighted by molar-refractivity contribution is 0.353. The molecule has 2 aromatic rings. The number of aliphatic imine (C=N–C) groups is 1. The van der Waals surface area contributed by atoms with Gasteiger partial charge in [-0.2, -0.15) is 0 Å². The Balaban J connectivity index is 1.94. The molecule has 0 saturated carbocycles. The first-order valence-corrected chi connectivity index (χ1v) is 9.74.